The maximum absolute atomic E-state index is 13.2. The van der Waals surface area contributed by atoms with Crippen LogP contribution in [0.5, 0.6) is 0 Å². The first-order valence-corrected chi connectivity index (χ1v) is 12.0. The predicted molar refractivity (Wildman–Crippen MR) is 112 cm³/mol. The summed E-state index contributed by atoms with van der Waals surface area (Å²) in [7, 11) is -3.94. The van der Waals surface area contributed by atoms with E-state index in [1.165, 1.54) is 31.4 Å². The van der Waals surface area contributed by atoms with Gasteiger partial charge in [-0.05, 0) is 92.7 Å². The molecule has 0 unspecified atom stereocenters. The first-order valence-electron chi connectivity index (χ1n) is 10.5. The van der Waals surface area contributed by atoms with Gasteiger partial charge in [-0.15, -0.1) is 0 Å². The largest absolute Gasteiger partial charge is 0.347 e. The molecule has 4 fully saturated rings. The fourth-order valence-electron chi connectivity index (χ4n) is 6.16. The number of sulfonamides is 1. The zero-order valence-corrected chi connectivity index (χ0v) is 17.4. The Balaban J connectivity index is 1.38. The lowest BCUT2D eigenvalue weighted by atomic mass is 9.53. The molecule has 0 radical (unpaired) electrons. The Hall–Kier alpha value is -2.41. The Bertz CT molecular complexity index is 1050. The van der Waals surface area contributed by atoms with Gasteiger partial charge in [-0.3, -0.25) is 9.52 Å². The first-order chi connectivity index (χ1) is 14.3. The molecule has 5 nitrogen and oxygen atoms in total. The highest BCUT2D eigenvalue weighted by atomic mass is 32.2. The summed E-state index contributed by atoms with van der Waals surface area (Å²) < 4.78 is 41.1. The van der Waals surface area contributed by atoms with Crippen molar-refractivity contribution >= 4 is 21.6 Å². The van der Waals surface area contributed by atoms with E-state index in [1.54, 1.807) is 24.3 Å². The van der Waals surface area contributed by atoms with E-state index in [4.69, 9.17) is 0 Å². The second-order valence-electron chi connectivity index (χ2n) is 9.26. The van der Waals surface area contributed by atoms with E-state index in [0.717, 1.165) is 31.4 Å². The van der Waals surface area contributed by atoms with Crippen LogP contribution < -0.4 is 10.0 Å². The van der Waals surface area contributed by atoms with Crippen molar-refractivity contribution in [1.82, 2.24) is 5.32 Å². The van der Waals surface area contributed by atoms with Crippen LogP contribution in [0.1, 0.15) is 48.9 Å². The van der Waals surface area contributed by atoms with Crippen LogP contribution in [0, 0.1) is 23.6 Å². The summed E-state index contributed by atoms with van der Waals surface area (Å²) in [6, 6.07) is 11.2. The molecule has 2 aromatic carbocycles. The molecular weight excluding hydrogens is 403 g/mol. The van der Waals surface area contributed by atoms with Crippen LogP contribution in [0.4, 0.5) is 10.1 Å². The van der Waals surface area contributed by atoms with E-state index in [2.05, 4.69) is 10.0 Å². The zero-order valence-electron chi connectivity index (χ0n) is 16.6. The number of benzene rings is 2. The number of carbonyl (C=O) groups excluding carboxylic acids is 1. The van der Waals surface area contributed by atoms with Crippen LogP contribution in [-0.4, -0.2) is 19.9 Å². The van der Waals surface area contributed by atoms with E-state index in [9.17, 15) is 17.6 Å². The van der Waals surface area contributed by atoms with E-state index in [1.807, 2.05) is 0 Å². The zero-order chi connectivity index (χ0) is 20.9. The molecule has 4 aliphatic rings. The van der Waals surface area contributed by atoms with Gasteiger partial charge in [0.25, 0.3) is 15.9 Å². The van der Waals surface area contributed by atoms with Gasteiger partial charge in [0.1, 0.15) is 5.82 Å². The molecule has 0 spiro atoms. The van der Waals surface area contributed by atoms with Crippen molar-refractivity contribution < 1.29 is 17.6 Å². The number of anilines is 1. The summed E-state index contributed by atoms with van der Waals surface area (Å²) in [5, 5.41) is 3.29. The standard InChI is InChI=1S/C23H25FN2O3S/c24-18-5-7-19(8-6-18)30(28,29)26-21-4-2-1-3-20(21)22(27)25-23-12-15-9-16(13-23)11-17(10-15)14-23/h1-8,15-17,26H,9-14H2,(H,25,27). The summed E-state index contributed by atoms with van der Waals surface area (Å²) in [6.45, 7) is 0. The molecule has 158 valence electrons. The molecule has 0 heterocycles. The predicted octanol–water partition coefficient (Wildman–Crippen LogP) is 4.33. The van der Waals surface area contributed by atoms with E-state index in [-0.39, 0.29) is 22.0 Å². The summed E-state index contributed by atoms with van der Waals surface area (Å²) >= 11 is 0. The number of hydrogen-bond donors (Lipinski definition) is 2. The second kappa shape index (κ2) is 7.08. The van der Waals surface area contributed by atoms with Gasteiger partial charge < -0.3 is 5.32 Å². The second-order valence-corrected chi connectivity index (χ2v) is 10.9. The normalized spacial score (nSPS) is 29.6. The van der Waals surface area contributed by atoms with Crippen molar-refractivity contribution in [2.45, 2.75) is 49.0 Å². The highest BCUT2D eigenvalue weighted by molar-refractivity contribution is 7.92. The molecular formula is C23H25FN2O3S. The molecule has 2 N–H and O–H groups in total. The average Bonchev–Trinajstić information content (AvgIpc) is 2.67. The van der Waals surface area contributed by atoms with Crippen molar-refractivity contribution in [3.8, 4) is 0 Å². The molecule has 0 saturated heterocycles. The third-order valence-corrected chi connectivity index (χ3v) is 8.34. The lowest BCUT2D eigenvalue weighted by molar-refractivity contribution is -0.0166. The maximum atomic E-state index is 13.2. The van der Waals surface area contributed by atoms with Crippen LogP contribution in [0.2, 0.25) is 0 Å². The molecule has 2 aromatic rings. The fourth-order valence-corrected chi connectivity index (χ4v) is 7.24. The number of amides is 1. The highest BCUT2D eigenvalue weighted by Crippen LogP contribution is 2.55. The lowest BCUT2D eigenvalue weighted by Gasteiger charge is -2.56. The molecule has 0 aromatic heterocycles. The molecule has 4 bridgehead atoms. The molecule has 1 amide bonds. The van der Waals surface area contributed by atoms with Crippen LogP contribution in [-0.2, 0) is 10.0 Å². The minimum absolute atomic E-state index is 0.0554. The smallest absolute Gasteiger partial charge is 0.261 e. The quantitative estimate of drug-likeness (QED) is 0.745. The van der Waals surface area contributed by atoms with E-state index >= 15 is 0 Å². The number of halogens is 1. The minimum atomic E-state index is -3.94. The van der Waals surface area contributed by atoms with E-state index < -0.39 is 15.8 Å². The van der Waals surface area contributed by atoms with Gasteiger partial charge in [0, 0.05) is 5.54 Å². The Morgan fingerprint density at radius 1 is 0.900 bits per heavy atom. The van der Waals surface area contributed by atoms with Gasteiger partial charge >= 0.3 is 0 Å². The molecule has 0 atom stereocenters. The van der Waals surface area contributed by atoms with Crippen molar-refractivity contribution in [2.24, 2.45) is 17.8 Å². The van der Waals surface area contributed by atoms with Crippen molar-refractivity contribution in [3.63, 3.8) is 0 Å². The van der Waals surface area contributed by atoms with Gasteiger partial charge in [0.2, 0.25) is 0 Å². The van der Waals surface area contributed by atoms with Crippen LogP contribution in [0.3, 0.4) is 0 Å². The SMILES string of the molecule is O=C(NC12CC3CC(CC(C3)C1)C2)c1ccccc1NS(=O)(=O)c1ccc(F)cc1. The number of nitrogens with one attached hydrogen (secondary N) is 2. The minimum Gasteiger partial charge on any atom is -0.347 e. The Kier molecular flexibility index (Phi) is 4.61. The highest BCUT2D eigenvalue weighted by Gasteiger charge is 2.51. The van der Waals surface area contributed by atoms with Gasteiger partial charge in [-0.2, -0.15) is 0 Å². The third-order valence-electron chi connectivity index (χ3n) is 6.96. The first kappa shape index (κ1) is 19.5. The third kappa shape index (κ3) is 3.60. The van der Waals surface area contributed by atoms with Crippen LogP contribution >= 0.6 is 0 Å². The Morgan fingerprint density at radius 2 is 1.47 bits per heavy atom. The lowest BCUT2D eigenvalue weighted by Crippen LogP contribution is -2.59. The number of hydrogen-bond acceptors (Lipinski definition) is 3. The molecule has 7 heteroatoms. The topological polar surface area (TPSA) is 75.3 Å². The van der Waals surface area contributed by atoms with Crippen molar-refractivity contribution in [2.75, 3.05) is 4.72 Å². The average molecular weight is 429 g/mol. The summed E-state index contributed by atoms with van der Waals surface area (Å²) in [5.74, 6) is 1.34. The Morgan fingerprint density at radius 3 is 2.07 bits per heavy atom. The molecule has 4 aliphatic carbocycles. The fraction of sp³-hybridized carbons (Fsp3) is 0.435. The van der Waals surface area contributed by atoms with Gasteiger partial charge in [0.05, 0.1) is 16.1 Å². The van der Waals surface area contributed by atoms with Gasteiger partial charge in [-0.1, -0.05) is 12.1 Å². The summed E-state index contributed by atoms with van der Waals surface area (Å²) in [5.41, 5.74) is 0.373. The molecule has 30 heavy (non-hydrogen) atoms. The summed E-state index contributed by atoms with van der Waals surface area (Å²) in [6.07, 6.45) is 6.91. The van der Waals surface area contributed by atoms with Gasteiger partial charge in [-0.25, -0.2) is 12.8 Å². The Labute approximate surface area is 176 Å². The molecule has 6 rings (SSSR count). The van der Waals surface area contributed by atoms with Crippen LogP contribution in [0.15, 0.2) is 53.4 Å². The monoisotopic (exact) mass is 428 g/mol. The molecule has 0 aliphatic heterocycles. The van der Waals surface area contributed by atoms with Crippen molar-refractivity contribution in [1.29, 1.82) is 0 Å². The number of para-hydroxylation sites is 1. The van der Waals surface area contributed by atoms with E-state index in [0.29, 0.717) is 23.3 Å². The number of rotatable bonds is 5. The summed E-state index contributed by atoms with van der Waals surface area (Å²) in [4.78, 5) is 13.2. The maximum Gasteiger partial charge on any atom is 0.261 e. The molecule has 4 saturated carbocycles. The van der Waals surface area contributed by atoms with Crippen molar-refractivity contribution in [3.05, 3.63) is 59.9 Å². The van der Waals surface area contributed by atoms with Gasteiger partial charge in [0.15, 0.2) is 0 Å². The van der Waals surface area contributed by atoms with Crippen LogP contribution in [0.25, 0.3) is 0 Å². The number of carbonyl (C=O) groups is 1.